The zero-order valence-electron chi connectivity index (χ0n) is 6.51. The first-order chi connectivity index (χ1) is 6.41. The van der Waals surface area contributed by atoms with E-state index in [-0.39, 0.29) is 0 Å². The Hall–Kier alpha value is -1.30. The molecule has 0 fully saturated rings. The van der Waals surface area contributed by atoms with Crippen LogP contribution in [0.1, 0.15) is 5.56 Å². The number of aromatic nitrogens is 1. The van der Waals surface area contributed by atoms with Gasteiger partial charge in [-0.25, -0.2) is 4.79 Å². The summed E-state index contributed by atoms with van der Waals surface area (Å²) in [5, 5.41) is 0. The molecule has 0 radical (unpaired) electrons. The van der Waals surface area contributed by atoms with E-state index >= 15 is 0 Å². The van der Waals surface area contributed by atoms with Gasteiger partial charge in [-0.1, -0.05) is 0 Å². The molecule has 1 rings (SSSR count). The molecule has 14 heavy (non-hydrogen) atoms. The molecule has 1 heterocycles. The zero-order chi connectivity index (χ0) is 10.8. The van der Waals surface area contributed by atoms with Crippen molar-refractivity contribution in [3.63, 3.8) is 0 Å². The van der Waals surface area contributed by atoms with E-state index in [4.69, 9.17) is 11.6 Å². The fraction of sp³-hybridized carbons (Fsp3) is 0.143. The lowest BCUT2D eigenvalue weighted by Crippen LogP contribution is -2.09. The van der Waals surface area contributed by atoms with Crippen molar-refractivity contribution < 1.29 is 22.7 Å². The summed E-state index contributed by atoms with van der Waals surface area (Å²) in [7, 11) is 0. The van der Waals surface area contributed by atoms with Gasteiger partial charge < -0.3 is 4.74 Å². The average Bonchev–Trinajstić information content (AvgIpc) is 2.01. The maximum atomic E-state index is 12.2. The predicted octanol–water partition coefficient (Wildman–Crippen LogP) is 2.84. The van der Waals surface area contributed by atoms with Crippen molar-refractivity contribution in [3.05, 3.63) is 24.0 Å². The largest absolute Gasteiger partial charge is 0.420 e. The summed E-state index contributed by atoms with van der Waals surface area (Å²) in [5.74, 6) is -0.708. The molecule has 1 aromatic rings. The molecule has 0 aliphatic rings. The van der Waals surface area contributed by atoms with Crippen molar-refractivity contribution in [2.24, 2.45) is 0 Å². The van der Waals surface area contributed by atoms with E-state index in [2.05, 4.69) is 9.72 Å². The first kappa shape index (κ1) is 10.8. The van der Waals surface area contributed by atoms with Crippen LogP contribution in [0.25, 0.3) is 0 Å². The van der Waals surface area contributed by atoms with Gasteiger partial charge in [0.1, 0.15) is 5.56 Å². The fourth-order valence-electron chi connectivity index (χ4n) is 0.782. The Bertz CT molecular complexity index is 353. The summed E-state index contributed by atoms with van der Waals surface area (Å²) in [6.07, 6.45) is -2.90. The van der Waals surface area contributed by atoms with Crippen LogP contribution in [0.5, 0.6) is 5.75 Å². The third-order valence-electron chi connectivity index (χ3n) is 1.28. The van der Waals surface area contributed by atoms with Crippen molar-refractivity contribution in [2.75, 3.05) is 0 Å². The molecule has 0 spiro atoms. The number of alkyl halides is 3. The second-order valence-corrected chi connectivity index (χ2v) is 2.52. The Balaban J connectivity index is 3.10. The molecule has 7 heteroatoms. The normalized spacial score (nSPS) is 11.1. The van der Waals surface area contributed by atoms with Crippen LogP contribution in [0, 0.1) is 0 Å². The van der Waals surface area contributed by atoms with Crippen molar-refractivity contribution in [3.8, 4) is 5.75 Å². The van der Waals surface area contributed by atoms with E-state index in [0.29, 0.717) is 6.07 Å². The monoisotopic (exact) mass is 225 g/mol. The summed E-state index contributed by atoms with van der Waals surface area (Å²) < 4.78 is 40.8. The number of rotatable bonds is 1. The highest BCUT2D eigenvalue weighted by Gasteiger charge is 2.34. The molecule has 0 aliphatic carbocycles. The smallest absolute Gasteiger partial charge is 0.412 e. The van der Waals surface area contributed by atoms with Gasteiger partial charge in [-0.3, -0.25) is 4.98 Å². The molecule has 0 bridgehead atoms. The highest BCUT2D eigenvalue weighted by molar-refractivity contribution is 6.61. The van der Waals surface area contributed by atoms with Gasteiger partial charge in [-0.05, 0) is 6.07 Å². The minimum absolute atomic E-state index is 0.690. The van der Waals surface area contributed by atoms with Crippen molar-refractivity contribution in [1.82, 2.24) is 4.98 Å². The van der Waals surface area contributed by atoms with Crippen LogP contribution in [-0.2, 0) is 6.18 Å². The molecule has 0 atom stereocenters. The number of hydrogen-bond acceptors (Lipinski definition) is 3. The highest BCUT2D eigenvalue weighted by atomic mass is 35.5. The topological polar surface area (TPSA) is 39.2 Å². The molecule has 0 N–H and O–H groups in total. The number of carbonyl (C=O) groups excluding carboxylic acids is 1. The van der Waals surface area contributed by atoms with Gasteiger partial charge in [0.25, 0.3) is 0 Å². The summed E-state index contributed by atoms with van der Waals surface area (Å²) in [6, 6.07) is 0.690. The van der Waals surface area contributed by atoms with E-state index in [1.165, 1.54) is 0 Å². The lowest BCUT2D eigenvalue weighted by atomic mass is 10.2. The van der Waals surface area contributed by atoms with Crippen LogP contribution < -0.4 is 4.74 Å². The highest BCUT2D eigenvalue weighted by Crippen LogP contribution is 2.35. The molecule has 76 valence electrons. The Morgan fingerprint density at radius 1 is 1.50 bits per heavy atom. The van der Waals surface area contributed by atoms with Gasteiger partial charge in [0.2, 0.25) is 0 Å². The molecule has 1 aromatic heterocycles. The summed E-state index contributed by atoms with van der Waals surface area (Å²) in [4.78, 5) is 13.6. The van der Waals surface area contributed by atoms with Crippen LogP contribution >= 0.6 is 11.6 Å². The number of hydrogen-bond donors (Lipinski definition) is 0. The van der Waals surface area contributed by atoms with Gasteiger partial charge in [0.05, 0.1) is 6.20 Å². The minimum Gasteiger partial charge on any atom is -0.412 e. The standard InChI is InChI=1S/C7H3ClF3NO2/c8-6(13)14-5-3-12-2-1-4(5)7(9,10)11/h1-3H. The van der Waals surface area contributed by atoms with Gasteiger partial charge >= 0.3 is 11.6 Å². The second kappa shape index (κ2) is 3.83. The van der Waals surface area contributed by atoms with Gasteiger partial charge in [0, 0.05) is 17.8 Å². The van der Waals surface area contributed by atoms with E-state index in [1.54, 1.807) is 0 Å². The van der Waals surface area contributed by atoms with Crippen LogP contribution in [0.4, 0.5) is 18.0 Å². The maximum absolute atomic E-state index is 12.2. The maximum Gasteiger partial charge on any atom is 0.420 e. The lowest BCUT2D eigenvalue weighted by Gasteiger charge is -2.09. The predicted molar refractivity (Wildman–Crippen MR) is 41.1 cm³/mol. The molecule has 0 saturated heterocycles. The molecular weight excluding hydrogens is 223 g/mol. The third kappa shape index (κ3) is 2.59. The second-order valence-electron chi connectivity index (χ2n) is 2.21. The first-order valence-electron chi connectivity index (χ1n) is 3.30. The molecule has 3 nitrogen and oxygen atoms in total. The summed E-state index contributed by atoms with van der Waals surface area (Å²) in [5.41, 5.74) is -2.44. The SMILES string of the molecule is O=C(Cl)Oc1cnccc1C(F)(F)F. The Morgan fingerprint density at radius 3 is 2.64 bits per heavy atom. The Kier molecular flexibility index (Phi) is 2.95. The minimum atomic E-state index is -4.61. The molecule has 0 aromatic carbocycles. The quantitative estimate of drug-likeness (QED) is 0.690. The Morgan fingerprint density at radius 2 is 2.14 bits per heavy atom. The first-order valence-corrected chi connectivity index (χ1v) is 3.67. The van der Waals surface area contributed by atoms with Crippen LogP contribution in [0.15, 0.2) is 18.5 Å². The molecule has 0 aliphatic heterocycles. The summed E-state index contributed by atoms with van der Waals surface area (Å²) >= 11 is 4.78. The van der Waals surface area contributed by atoms with Gasteiger partial charge in [-0.15, -0.1) is 0 Å². The fourth-order valence-corrected chi connectivity index (χ4v) is 0.865. The number of ether oxygens (including phenoxy) is 1. The molecule has 0 amide bonds. The van der Waals surface area contributed by atoms with Crippen molar-refractivity contribution in [1.29, 1.82) is 0 Å². The number of nitrogens with zero attached hydrogens (tertiary/aromatic N) is 1. The lowest BCUT2D eigenvalue weighted by molar-refractivity contribution is -0.138. The van der Waals surface area contributed by atoms with E-state index in [9.17, 15) is 18.0 Å². The molecule has 0 saturated carbocycles. The molecule has 0 unspecified atom stereocenters. The zero-order valence-corrected chi connectivity index (χ0v) is 7.26. The number of carbonyl (C=O) groups is 1. The van der Waals surface area contributed by atoms with Crippen LogP contribution in [0.3, 0.4) is 0 Å². The number of pyridine rings is 1. The van der Waals surface area contributed by atoms with Crippen molar-refractivity contribution in [2.45, 2.75) is 6.18 Å². The van der Waals surface area contributed by atoms with Gasteiger partial charge in [-0.2, -0.15) is 13.2 Å². The van der Waals surface area contributed by atoms with E-state index in [1.807, 2.05) is 0 Å². The van der Waals surface area contributed by atoms with Crippen molar-refractivity contribution >= 4 is 17.0 Å². The number of halogens is 4. The van der Waals surface area contributed by atoms with Gasteiger partial charge in [0.15, 0.2) is 5.75 Å². The van der Waals surface area contributed by atoms with E-state index < -0.39 is 22.9 Å². The molecular formula is C7H3ClF3NO2. The third-order valence-corrected chi connectivity index (χ3v) is 1.36. The van der Waals surface area contributed by atoms with E-state index in [0.717, 1.165) is 12.4 Å². The van der Waals surface area contributed by atoms with Crippen LogP contribution in [-0.4, -0.2) is 10.4 Å². The summed E-state index contributed by atoms with van der Waals surface area (Å²) in [6.45, 7) is 0. The average molecular weight is 226 g/mol. The van der Waals surface area contributed by atoms with Crippen LogP contribution in [0.2, 0.25) is 0 Å². The Labute approximate surface area is 81.5 Å².